The van der Waals surface area contributed by atoms with Crippen LogP contribution < -0.4 is 9.64 Å². The second kappa shape index (κ2) is 7.46. The number of fused-ring (bicyclic) bond motifs is 1. The van der Waals surface area contributed by atoms with E-state index in [0.717, 1.165) is 5.69 Å². The van der Waals surface area contributed by atoms with E-state index < -0.39 is 12.1 Å². The SMILES string of the molecule is O=C(O)c1ccc(N2CCOc3cc(C(=O)N4CCC[C@@H](F)C4)cnc32)cc1. The number of carbonyl (C=O) groups excluding carboxylic acids is 1. The predicted molar refractivity (Wildman–Crippen MR) is 100 cm³/mol. The van der Waals surface area contributed by atoms with Crippen molar-refractivity contribution in [2.24, 2.45) is 0 Å². The van der Waals surface area contributed by atoms with E-state index in [2.05, 4.69) is 4.98 Å². The Hall–Kier alpha value is -3.16. The minimum Gasteiger partial charge on any atom is -0.488 e. The average molecular weight is 385 g/mol. The summed E-state index contributed by atoms with van der Waals surface area (Å²) in [6.07, 6.45) is 1.65. The van der Waals surface area contributed by atoms with Gasteiger partial charge in [0.1, 0.15) is 12.8 Å². The number of likely N-dealkylation sites (tertiary alicyclic amines) is 1. The summed E-state index contributed by atoms with van der Waals surface area (Å²) in [7, 11) is 0. The van der Waals surface area contributed by atoms with Crippen LogP contribution in [0.3, 0.4) is 0 Å². The molecule has 1 saturated heterocycles. The number of halogens is 1. The molecule has 1 atom stereocenters. The number of aromatic carboxylic acids is 1. The number of piperidine rings is 1. The Bertz CT molecular complexity index is 903. The van der Waals surface area contributed by atoms with Gasteiger partial charge in [0, 0.05) is 18.4 Å². The number of amides is 1. The third-order valence-electron chi connectivity index (χ3n) is 4.99. The van der Waals surface area contributed by atoms with E-state index in [1.165, 1.54) is 23.2 Å². The van der Waals surface area contributed by atoms with Crippen LogP contribution in [-0.4, -0.2) is 59.3 Å². The molecule has 0 bridgehead atoms. The average Bonchev–Trinajstić information content (AvgIpc) is 2.72. The Morgan fingerprint density at radius 1 is 1.18 bits per heavy atom. The van der Waals surface area contributed by atoms with Gasteiger partial charge in [0.15, 0.2) is 11.6 Å². The van der Waals surface area contributed by atoms with Crippen LogP contribution in [0.2, 0.25) is 0 Å². The van der Waals surface area contributed by atoms with Crippen LogP contribution in [0.4, 0.5) is 15.9 Å². The zero-order chi connectivity index (χ0) is 19.7. The van der Waals surface area contributed by atoms with Gasteiger partial charge in [0.05, 0.1) is 24.2 Å². The molecule has 2 aromatic rings. The number of rotatable bonds is 3. The van der Waals surface area contributed by atoms with Crippen LogP contribution in [0.5, 0.6) is 5.75 Å². The first-order valence-electron chi connectivity index (χ1n) is 9.20. The Morgan fingerprint density at radius 2 is 1.96 bits per heavy atom. The Morgan fingerprint density at radius 3 is 2.68 bits per heavy atom. The first-order valence-corrected chi connectivity index (χ1v) is 9.20. The van der Waals surface area contributed by atoms with Gasteiger partial charge in [0.25, 0.3) is 5.91 Å². The van der Waals surface area contributed by atoms with Crippen molar-refractivity contribution in [2.45, 2.75) is 19.0 Å². The molecule has 28 heavy (non-hydrogen) atoms. The summed E-state index contributed by atoms with van der Waals surface area (Å²) in [5, 5.41) is 9.04. The van der Waals surface area contributed by atoms with E-state index in [4.69, 9.17) is 9.84 Å². The largest absolute Gasteiger partial charge is 0.488 e. The number of hydrogen-bond acceptors (Lipinski definition) is 5. The Kier molecular flexibility index (Phi) is 4.85. The fourth-order valence-electron chi connectivity index (χ4n) is 3.54. The normalized spacial score (nSPS) is 19.0. The Balaban J connectivity index is 1.58. The molecule has 0 radical (unpaired) electrons. The molecule has 0 saturated carbocycles. The van der Waals surface area contributed by atoms with E-state index >= 15 is 0 Å². The molecule has 0 aliphatic carbocycles. The molecule has 1 aromatic heterocycles. The van der Waals surface area contributed by atoms with Crippen molar-refractivity contribution in [2.75, 3.05) is 31.1 Å². The van der Waals surface area contributed by atoms with Crippen LogP contribution in [0.25, 0.3) is 0 Å². The van der Waals surface area contributed by atoms with Crippen molar-refractivity contribution in [1.29, 1.82) is 0 Å². The molecule has 1 fully saturated rings. The van der Waals surface area contributed by atoms with Gasteiger partial charge >= 0.3 is 5.97 Å². The lowest BCUT2D eigenvalue weighted by Crippen LogP contribution is -2.40. The summed E-state index contributed by atoms with van der Waals surface area (Å²) in [5.41, 5.74) is 1.37. The fourth-order valence-corrected chi connectivity index (χ4v) is 3.54. The minimum atomic E-state index is -0.983. The molecule has 1 N–H and O–H groups in total. The lowest BCUT2D eigenvalue weighted by atomic mass is 10.1. The van der Waals surface area contributed by atoms with Gasteiger partial charge in [0.2, 0.25) is 0 Å². The quantitative estimate of drug-likeness (QED) is 0.875. The second-order valence-corrected chi connectivity index (χ2v) is 6.89. The zero-order valence-corrected chi connectivity index (χ0v) is 15.2. The highest BCUT2D eigenvalue weighted by Crippen LogP contribution is 2.35. The number of ether oxygens (including phenoxy) is 1. The predicted octanol–water partition coefficient (Wildman–Crippen LogP) is 2.88. The van der Waals surface area contributed by atoms with Gasteiger partial charge in [-0.15, -0.1) is 0 Å². The minimum absolute atomic E-state index is 0.110. The van der Waals surface area contributed by atoms with E-state index in [1.807, 2.05) is 4.90 Å². The molecule has 3 heterocycles. The topological polar surface area (TPSA) is 83.0 Å². The molecule has 146 valence electrons. The fraction of sp³-hybridized carbons (Fsp3) is 0.350. The third-order valence-corrected chi connectivity index (χ3v) is 4.99. The Labute approximate surface area is 161 Å². The zero-order valence-electron chi connectivity index (χ0n) is 15.2. The van der Waals surface area contributed by atoms with Crippen LogP contribution in [0.1, 0.15) is 33.6 Å². The number of nitrogens with zero attached hydrogens (tertiary/aromatic N) is 3. The molecule has 1 amide bonds. The van der Waals surface area contributed by atoms with E-state index in [-0.39, 0.29) is 18.0 Å². The highest BCUT2D eigenvalue weighted by molar-refractivity contribution is 5.95. The maximum Gasteiger partial charge on any atom is 0.335 e. The van der Waals surface area contributed by atoms with Crippen LogP contribution in [-0.2, 0) is 0 Å². The molecule has 0 unspecified atom stereocenters. The summed E-state index contributed by atoms with van der Waals surface area (Å²) in [6.45, 7) is 1.61. The van der Waals surface area contributed by atoms with Gasteiger partial charge in [-0.1, -0.05) is 0 Å². The number of hydrogen-bond donors (Lipinski definition) is 1. The number of anilines is 2. The van der Waals surface area contributed by atoms with E-state index in [1.54, 1.807) is 18.2 Å². The van der Waals surface area contributed by atoms with Gasteiger partial charge < -0.3 is 19.6 Å². The number of benzene rings is 1. The van der Waals surface area contributed by atoms with Gasteiger partial charge in [-0.2, -0.15) is 0 Å². The monoisotopic (exact) mass is 385 g/mol. The summed E-state index contributed by atoms with van der Waals surface area (Å²) >= 11 is 0. The van der Waals surface area contributed by atoms with Crippen molar-refractivity contribution in [3.63, 3.8) is 0 Å². The molecule has 8 heteroatoms. The summed E-state index contributed by atoms with van der Waals surface area (Å²) < 4.78 is 19.3. The maximum atomic E-state index is 13.6. The van der Waals surface area contributed by atoms with E-state index in [9.17, 15) is 14.0 Å². The molecule has 1 aromatic carbocycles. The molecule has 4 rings (SSSR count). The van der Waals surface area contributed by atoms with Crippen LogP contribution >= 0.6 is 0 Å². The lowest BCUT2D eigenvalue weighted by molar-refractivity contribution is 0.0634. The second-order valence-electron chi connectivity index (χ2n) is 6.89. The number of pyridine rings is 1. The van der Waals surface area contributed by atoms with Crippen molar-refractivity contribution in [1.82, 2.24) is 9.88 Å². The van der Waals surface area contributed by atoms with Crippen LogP contribution in [0.15, 0.2) is 36.5 Å². The maximum absolute atomic E-state index is 13.6. The van der Waals surface area contributed by atoms with Crippen molar-refractivity contribution < 1.29 is 23.8 Å². The lowest BCUT2D eigenvalue weighted by Gasteiger charge is -2.31. The van der Waals surface area contributed by atoms with Gasteiger partial charge in [-0.05, 0) is 43.2 Å². The number of carbonyl (C=O) groups is 2. The third kappa shape index (κ3) is 3.49. The first kappa shape index (κ1) is 18.2. The molecule has 2 aliphatic rings. The van der Waals surface area contributed by atoms with Crippen LogP contribution in [0, 0.1) is 0 Å². The summed E-state index contributed by atoms with van der Waals surface area (Å²) in [6, 6.07) is 8.15. The van der Waals surface area contributed by atoms with E-state index in [0.29, 0.717) is 49.7 Å². The van der Waals surface area contributed by atoms with Gasteiger partial charge in [-0.3, -0.25) is 4.79 Å². The standard InChI is InChI=1S/C20H20FN3O4/c21-15-2-1-7-23(12-15)19(25)14-10-17-18(22-11-14)24(8-9-28-17)16-5-3-13(4-6-16)20(26)27/h3-6,10-11,15H,1-2,7-9,12H2,(H,26,27)/t15-/m1/s1. The van der Waals surface area contributed by atoms with Crippen molar-refractivity contribution in [3.05, 3.63) is 47.7 Å². The molecule has 0 spiro atoms. The smallest absolute Gasteiger partial charge is 0.335 e. The number of aromatic nitrogens is 1. The summed E-state index contributed by atoms with van der Waals surface area (Å²) in [5.74, 6) is -0.186. The molecule has 2 aliphatic heterocycles. The molecular formula is C20H20FN3O4. The highest BCUT2D eigenvalue weighted by atomic mass is 19.1. The molecular weight excluding hydrogens is 365 g/mol. The van der Waals surface area contributed by atoms with Gasteiger partial charge in [-0.25, -0.2) is 14.2 Å². The number of alkyl halides is 1. The first-order chi connectivity index (χ1) is 13.5. The highest BCUT2D eigenvalue weighted by Gasteiger charge is 2.27. The molecule has 7 nitrogen and oxygen atoms in total. The van der Waals surface area contributed by atoms with Crippen molar-refractivity contribution in [3.8, 4) is 5.75 Å². The van der Waals surface area contributed by atoms with Crippen molar-refractivity contribution >= 4 is 23.4 Å². The summed E-state index contributed by atoms with van der Waals surface area (Å²) in [4.78, 5) is 31.6. The number of carboxylic acids is 1. The number of carboxylic acid groups (broad SMARTS) is 1.